The summed E-state index contributed by atoms with van der Waals surface area (Å²) in [5.41, 5.74) is 2.04. The van der Waals surface area contributed by atoms with E-state index in [0.29, 0.717) is 0 Å². The summed E-state index contributed by atoms with van der Waals surface area (Å²) in [6, 6.07) is 7.88. The molecule has 0 fully saturated rings. The maximum Gasteiger partial charge on any atom is 0.328 e. The molecule has 4 nitrogen and oxygen atoms in total. The topological polar surface area (TPSA) is 47.2 Å². The molecule has 2 rings (SSSR count). The monoisotopic (exact) mass is 248 g/mol. The molecule has 0 aliphatic carbocycles. The number of aromatic nitrogens is 2. The molecule has 98 valence electrons. The van der Waals surface area contributed by atoms with Crippen LogP contribution in [-0.4, -0.2) is 20.8 Å². The summed E-state index contributed by atoms with van der Waals surface area (Å²) < 4.78 is 3.54. The number of benzene rings is 1. The van der Waals surface area contributed by atoms with E-state index in [1.807, 2.05) is 35.9 Å². The van der Waals surface area contributed by atoms with Gasteiger partial charge in [-0.05, 0) is 25.0 Å². The number of imidazole rings is 1. The lowest BCUT2D eigenvalue weighted by atomic mass is 10.2. The third-order valence-corrected chi connectivity index (χ3v) is 3.34. The maximum absolute atomic E-state index is 12.1. The molecule has 1 heterocycles. The van der Waals surface area contributed by atoms with Crippen LogP contribution in [0.4, 0.5) is 0 Å². The van der Waals surface area contributed by atoms with Gasteiger partial charge in [-0.3, -0.25) is 9.13 Å². The van der Waals surface area contributed by atoms with E-state index in [0.717, 1.165) is 43.3 Å². The standard InChI is InChI=1S/C14H20N2O2/c1-15-12-8-4-5-9-13(12)16(14(15)18)10-6-2-3-7-11-17/h4-5,8-9,17H,2-3,6-7,10-11H2,1H3. The number of aryl methyl sites for hydroxylation is 2. The van der Waals surface area contributed by atoms with Gasteiger partial charge in [0.2, 0.25) is 0 Å². The molecular formula is C14H20N2O2. The maximum atomic E-state index is 12.1. The minimum absolute atomic E-state index is 0.0540. The highest BCUT2D eigenvalue weighted by atomic mass is 16.2. The lowest BCUT2D eigenvalue weighted by Crippen LogP contribution is -2.22. The predicted molar refractivity (Wildman–Crippen MR) is 72.7 cm³/mol. The number of rotatable bonds is 6. The Bertz CT molecular complexity index is 569. The summed E-state index contributed by atoms with van der Waals surface area (Å²) in [7, 11) is 1.81. The highest BCUT2D eigenvalue weighted by molar-refractivity contribution is 5.75. The van der Waals surface area contributed by atoms with Crippen LogP contribution >= 0.6 is 0 Å². The number of aliphatic hydroxyl groups excluding tert-OH is 1. The average Bonchev–Trinajstić information content (AvgIpc) is 2.64. The van der Waals surface area contributed by atoms with Gasteiger partial charge in [0.15, 0.2) is 0 Å². The Morgan fingerprint density at radius 3 is 2.44 bits per heavy atom. The second kappa shape index (κ2) is 5.87. The largest absolute Gasteiger partial charge is 0.396 e. The molecule has 0 aliphatic rings. The number of unbranched alkanes of at least 4 members (excludes halogenated alkanes) is 3. The minimum atomic E-state index is 0.0540. The first kappa shape index (κ1) is 12.9. The van der Waals surface area contributed by atoms with Crippen molar-refractivity contribution >= 4 is 11.0 Å². The summed E-state index contributed by atoms with van der Waals surface area (Å²) in [6.45, 7) is 1.01. The fraction of sp³-hybridized carbons (Fsp3) is 0.500. The van der Waals surface area contributed by atoms with Crippen molar-refractivity contribution in [1.29, 1.82) is 0 Å². The zero-order chi connectivity index (χ0) is 13.0. The molecule has 0 saturated carbocycles. The SMILES string of the molecule is Cn1c(=O)n(CCCCCCO)c2ccccc21. The van der Waals surface area contributed by atoms with Gasteiger partial charge in [0.05, 0.1) is 11.0 Å². The van der Waals surface area contributed by atoms with Gasteiger partial charge in [0.1, 0.15) is 0 Å². The van der Waals surface area contributed by atoms with Crippen molar-refractivity contribution in [3.63, 3.8) is 0 Å². The van der Waals surface area contributed by atoms with Crippen molar-refractivity contribution < 1.29 is 5.11 Å². The fourth-order valence-electron chi connectivity index (χ4n) is 2.31. The van der Waals surface area contributed by atoms with Gasteiger partial charge in [0.25, 0.3) is 0 Å². The van der Waals surface area contributed by atoms with Crippen molar-refractivity contribution in [2.45, 2.75) is 32.2 Å². The summed E-state index contributed by atoms with van der Waals surface area (Å²) in [5.74, 6) is 0. The average molecular weight is 248 g/mol. The summed E-state index contributed by atoms with van der Waals surface area (Å²) in [5, 5.41) is 8.71. The van der Waals surface area contributed by atoms with Crippen molar-refractivity contribution in [3.05, 3.63) is 34.7 Å². The molecule has 1 N–H and O–H groups in total. The van der Waals surface area contributed by atoms with E-state index in [2.05, 4.69) is 0 Å². The number of nitrogens with zero attached hydrogens (tertiary/aromatic N) is 2. The molecule has 4 heteroatoms. The zero-order valence-electron chi connectivity index (χ0n) is 10.8. The van der Waals surface area contributed by atoms with Crippen molar-refractivity contribution in [2.24, 2.45) is 7.05 Å². The summed E-state index contributed by atoms with van der Waals surface area (Å²) >= 11 is 0. The lowest BCUT2D eigenvalue weighted by Gasteiger charge is -2.02. The second-order valence-electron chi connectivity index (χ2n) is 4.62. The van der Waals surface area contributed by atoms with Crippen molar-refractivity contribution in [1.82, 2.24) is 9.13 Å². The van der Waals surface area contributed by atoms with Crippen molar-refractivity contribution in [2.75, 3.05) is 6.61 Å². The minimum Gasteiger partial charge on any atom is -0.396 e. The van der Waals surface area contributed by atoms with Crippen LogP contribution in [0, 0.1) is 0 Å². The molecule has 18 heavy (non-hydrogen) atoms. The molecule has 1 aromatic carbocycles. The van der Waals surface area contributed by atoms with Crippen LogP contribution in [0.3, 0.4) is 0 Å². The number of fused-ring (bicyclic) bond motifs is 1. The van der Waals surface area contributed by atoms with E-state index in [4.69, 9.17) is 5.11 Å². The quantitative estimate of drug-likeness (QED) is 0.794. The number of para-hydroxylation sites is 2. The van der Waals surface area contributed by atoms with E-state index in [1.54, 1.807) is 4.57 Å². The zero-order valence-corrected chi connectivity index (χ0v) is 10.8. The van der Waals surface area contributed by atoms with Crippen LogP contribution in [0.25, 0.3) is 11.0 Å². The van der Waals surface area contributed by atoms with Gasteiger partial charge in [-0.1, -0.05) is 25.0 Å². The van der Waals surface area contributed by atoms with Crippen LogP contribution in [0.1, 0.15) is 25.7 Å². The van der Waals surface area contributed by atoms with Gasteiger partial charge < -0.3 is 5.11 Å². The molecule has 0 saturated heterocycles. The molecule has 0 radical (unpaired) electrons. The molecule has 0 aliphatic heterocycles. The number of aliphatic hydroxyl groups is 1. The Kier molecular flexibility index (Phi) is 4.20. The van der Waals surface area contributed by atoms with Crippen LogP contribution in [0.5, 0.6) is 0 Å². The first-order valence-electron chi connectivity index (χ1n) is 6.51. The van der Waals surface area contributed by atoms with Gasteiger partial charge in [-0.15, -0.1) is 0 Å². The van der Waals surface area contributed by atoms with Gasteiger partial charge in [0, 0.05) is 20.2 Å². The first-order valence-corrected chi connectivity index (χ1v) is 6.51. The van der Waals surface area contributed by atoms with Gasteiger partial charge in [-0.25, -0.2) is 4.79 Å². The highest BCUT2D eigenvalue weighted by Gasteiger charge is 2.08. The molecular weight excluding hydrogens is 228 g/mol. The molecule has 0 atom stereocenters. The normalized spacial score (nSPS) is 11.2. The number of hydrogen-bond donors (Lipinski definition) is 1. The van der Waals surface area contributed by atoms with Gasteiger partial charge in [-0.2, -0.15) is 0 Å². The summed E-state index contributed by atoms with van der Waals surface area (Å²) in [6.07, 6.45) is 3.91. The molecule has 2 aromatic rings. The van der Waals surface area contributed by atoms with Gasteiger partial charge >= 0.3 is 5.69 Å². The molecule has 0 amide bonds. The Labute approximate surface area is 106 Å². The highest BCUT2D eigenvalue weighted by Crippen LogP contribution is 2.12. The van der Waals surface area contributed by atoms with E-state index in [-0.39, 0.29) is 12.3 Å². The van der Waals surface area contributed by atoms with E-state index in [1.165, 1.54) is 0 Å². The van der Waals surface area contributed by atoms with Crippen LogP contribution in [0.15, 0.2) is 29.1 Å². The van der Waals surface area contributed by atoms with Crippen molar-refractivity contribution in [3.8, 4) is 0 Å². The third-order valence-electron chi connectivity index (χ3n) is 3.34. The molecule has 0 spiro atoms. The predicted octanol–water partition coefficient (Wildman–Crippen LogP) is 1.89. The second-order valence-corrected chi connectivity index (χ2v) is 4.62. The lowest BCUT2D eigenvalue weighted by molar-refractivity contribution is 0.282. The van der Waals surface area contributed by atoms with Crippen LogP contribution < -0.4 is 5.69 Å². The first-order chi connectivity index (χ1) is 8.75. The van der Waals surface area contributed by atoms with E-state index in [9.17, 15) is 4.79 Å². The smallest absolute Gasteiger partial charge is 0.328 e. The molecule has 0 bridgehead atoms. The fourth-order valence-corrected chi connectivity index (χ4v) is 2.31. The van der Waals surface area contributed by atoms with E-state index < -0.39 is 0 Å². The Morgan fingerprint density at radius 1 is 1.06 bits per heavy atom. The molecule has 0 unspecified atom stereocenters. The molecule has 1 aromatic heterocycles. The van der Waals surface area contributed by atoms with Crippen LogP contribution in [-0.2, 0) is 13.6 Å². The Balaban J connectivity index is 2.13. The Hall–Kier alpha value is -1.55. The third kappa shape index (κ3) is 2.48. The van der Waals surface area contributed by atoms with E-state index >= 15 is 0 Å². The van der Waals surface area contributed by atoms with Crippen LogP contribution in [0.2, 0.25) is 0 Å². The Morgan fingerprint density at radius 2 is 1.72 bits per heavy atom. The number of hydrogen-bond acceptors (Lipinski definition) is 2. The summed E-state index contributed by atoms with van der Waals surface area (Å²) in [4.78, 5) is 12.1.